The number of nitrogens with one attached hydrogen (secondary N) is 2. The molecule has 2 N–H and O–H groups in total. The molecule has 2 aromatic rings. The van der Waals surface area contributed by atoms with E-state index in [4.69, 9.17) is 0 Å². The number of rotatable bonds is 4. The first-order chi connectivity index (χ1) is 10.4. The summed E-state index contributed by atoms with van der Waals surface area (Å²) in [6.45, 7) is 0.311. The van der Waals surface area contributed by atoms with Crippen LogP contribution < -0.4 is 10.6 Å². The molecule has 0 spiro atoms. The third-order valence-corrected chi connectivity index (χ3v) is 2.88. The minimum Gasteiger partial charge on any atom is -0.334 e. The number of hydrogen-bond acceptors (Lipinski definition) is 2. The van der Waals surface area contributed by atoms with Crippen LogP contribution in [-0.4, -0.2) is 11.0 Å². The number of nitrogens with zero attached hydrogens (tertiary/aromatic N) is 1. The zero-order chi connectivity index (χ0) is 16.0. The van der Waals surface area contributed by atoms with Gasteiger partial charge in [-0.15, -0.1) is 0 Å². The average Bonchev–Trinajstić information content (AvgIpc) is 2.51. The van der Waals surface area contributed by atoms with Crippen molar-refractivity contribution >= 4 is 6.03 Å². The van der Waals surface area contributed by atoms with E-state index in [1.54, 1.807) is 24.5 Å². The van der Waals surface area contributed by atoms with Crippen LogP contribution in [0.5, 0.6) is 0 Å². The summed E-state index contributed by atoms with van der Waals surface area (Å²) in [5.74, 6) is 0. The highest BCUT2D eigenvalue weighted by atomic mass is 19.4. The molecule has 0 aliphatic heterocycles. The second kappa shape index (κ2) is 6.93. The smallest absolute Gasteiger partial charge is 0.334 e. The maximum Gasteiger partial charge on any atom is 0.416 e. The molecule has 22 heavy (non-hydrogen) atoms. The van der Waals surface area contributed by atoms with Gasteiger partial charge < -0.3 is 10.6 Å². The molecule has 0 aliphatic rings. The minimum atomic E-state index is -4.39. The zero-order valence-corrected chi connectivity index (χ0v) is 11.5. The van der Waals surface area contributed by atoms with Gasteiger partial charge in [-0.3, -0.25) is 4.98 Å². The molecule has 0 atom stereocenters. The van der Waals surface area contributed by atoms with Gasteiger partial charge in [-0.05, 0) is 29.3 Å². The number of halogens is 3. The van der Waals surface area contributed by atoms with E-state index in [1.807, 2.05) is 0 Å². The van der Waals surface area contributed by atoms with Gasteiger partial charge in [-0.1, -0.05) is 18.2 Å². The van der Waals surface area contributed by atoms with Crippen molar-refractivity contribution in [3.8, 4) is 0 Å². The summed E-state index contributed by atoms with van der Waals surface area (Å²) >= 11 is 0. The van der Waals surface area contributed by atoms with E-state index in [9.17, 15) is 18.0 Å². The van der Waals surface area contributed by atoms with E-state index in [0.717, 1.165) is 17.7 Å². The quantitative estimate of drug-likeness (QED) is 0.912. The summed E-state index contributed by atoms with van der Waals surface area (Å²) in [6.07, 6.45) is -1.15. The molecule has 4 nitrogen and oxygen atoms in total. The fraction of sp³-hybridized carbons (Fsp3) is 0.200. The van der Waals surface area contributed by atoms with Crippen LogP contribution in [0.3, 0.4) is 0 Å². The van der Waals surface area contributed by atoms with Crippen molar-refractivity contribution in [3.05, 3.63) is 65.5 Å². The average molecular weight is 309 g/mol. The molecular formula is C15H14F3N3O. The Bertz CT molecular complexity index is 629. The molecule has 0 radical (unpaired) electrons. The molecule has 1 aromatic heterocycles. The molecule has 0 unspecified atom stereocenters. The highest BCUT2D eigenvalue weighted by Crippen LogP contribution is 2.29. The molecule has 2 rings (SSSR count). The van der Waals surface area contributed by atoms with Crippen LogP contribution in [0.25, 0.3) is 0 Å². The molecule has 2 amide bonds. The van der Waals surface area contributed by atoms with E-state index in [2.05, 4.69) is 15.6 Å². The molecule has 0 fully saturated rings. The minimum absolute atomic E-state index is 0.0167. The summed E-state index contributed by atoms with van der Waals surface area (Å²) in [5, 5.41) is 5.11. The van der Waals surface area contributed by atoms with Crippen molar-refractivity contribution < 1.29 is 18.0 Å². The van der Waals surface area contributed by atoms with Crippen LogP contribution >= 0.6 is 0 Å². The normalized spacial score (nSPS) is 11.0. The van der Waals surface area contributed by atoms with Gasteiger partial charge in [-0.2, -0.15) is 13.2 Å². The lowest BCUT2D eigenvalue weighted by Crippen LogP contribution is -2.34. The van der Waals surface area contributed by atoms with Crippen LogP contribution in [0.4, 0.5) is 18.0 Å². The second-order valence-corrected chi connectivity index (χ2v) is 4.60. The number of amides is 2. The topological polar surface area (TPSA) is 54.0 Å². The van der Waals surface area contributed by atoms with Gasteiger partial charge in [0.05, 0.1) is 5.56 Å². The van der Waals surface area contributed by atoms with E-state index in [-0.39, 0.29) is 6.54 Å². The Morgan fingerprint density at radius 3 is 2.36 bits per heavy atom. The summed E-state index contributed by atoms with van der Waals surface area (Å²) < 4.78 is 37.7. The van der Waals surface area contributed by atoms with Gasteiger partial charge in [0.15, 0.2) is 0 Å². The van der Waals surface area contributed by atoms with E-state index >= 15 is 0 Å². The van der Waals surface area contributed by atoms with Gasteiger partial charge >= 0.3 is 12.2 Å². The Kier molecular flexibility index (Phi) is 4.98. The van der Waals surface area contributed by atoms with Gasteiger partial charge in [0.1, 0.15) is 0 Å². The van der Waals surface area contributed by atoms with Crippen LogP contribution in [-0.2, 0) is 19.3 Å². The van der Waals surface area contributed by atoms with Crippen LogP contribution in [0.2, 0.25) is 0 Å². The molecule has 0 bridgehead atoms. The zero-order valence-electron chi connectivity index (χ0n) is 11.5. The number of hydrogen-bond donors (Lipinski definition) is 2. The number of carbonyl (C=O) groups is 1. The molecule has 1 aromatic carbocycles. The Labute approximate surface area is 125 Å². The summed E-state index contributed by atoms with van der Waals surface area (Å²) in [7, 11) is 0. The summed E-state index contributed by atoms with van der Waals surface area (Å²) in [5.41, 5.74) is 0.477. The van der Waals surface area contributed by atoms with Crippen molar-refractivity contribution in [2.45, 2.75) is 19.3 Å². The first kappa shape index (κ1) is 15.8. The van der Waals surface area contributed by atoms with Crippen molar-refractivity contribution in [1.29, 1.82) is 0 Å². The molecule has 1 heterocycles. The standard InChI is InChI=1S/C15H14F3N3O/c16-15(17,18)13-5-1-3-11(7-13)9-20-14(22)21-10-12-4-2-6-19-8-12/h1-8H,9-10H2,(H2,20,21,22). The third kappa shape index (κ3) is 4.76. The lowest BCUT2D eigenvalue weighted by Gasteiger charge is -2.10. The molecule has 0 saturated heterocycles. The first-order valence-corrected chi connectivity index (χ1v) is 6.52. The van der Waals surface area contributed by atoms with E-state index in [1.165, 1.54) is 12.1 Å². The third-order valence-electron chi connectivity index (χ3n) is 2.88. The van der Waals surface area contributed by atoms with E-state index < -0.39 is 17.8 Å². The SMILES string of the molecule is O=C(NCc1cccnc1)NCc1cccc(C(F)(F)F)c1. The highest BCUT2D eigenvalue weighted by Gasteiger charge is 2.30. The van der Waals surface area contributed by atoms with Gasteiger partial charge in [-0.25, -0.2) is 4.79 Å². The largest absolute Gasteiger partial charge is 0.416 e. The predicted octanol–water partition coefficient (Wildman–Crippen LogP) is 3.10. The number of carbonyl (C=O) groups excluding carboxylic acids is 1. The number of urea groups is 1. The van der Waals surface area contributed by atoms with Crippen molar-refractivity contribution in [1.82, 2.24) is 15.6 Å². The Hall–Kier alpha value is -2.57. The van der Waals surface area contributed by atoms with Gasteiger partial charge in [0.25, 0.3) is 0 Å². The fourth-order valence-electron chi connectivity index (χ4n) is 1.79. The lowest BCUT2D eigenvalue weighted by atomic mass is 10.1. The maximum atomic E-state index is 12.6. The number of benzene rings is 1. The van der Waals surface area contributed by atoms with Crippen molar-refractivity contribution in [2.75, 3.05) is 0 Å². The number of aromatic nitrogens is 1. The van der Waals surface area contributed by atoms with Crippen molar-refractivity contribution in [2.24, 2.45) is 0 Å². The van der Waals surface area contributed by atoms with Crippen LogP contribution in [0.15, 0.2) is 48.8 Å². The predicted molar refractivity (Wildman–Crippen MR) is 74.8 cm³/mol. The highest BCUT2D eigenvalue weighted by molar-refractivity contribution is 5.73. The lowest BCUT2D eigenvalue weighted by molar-refractivity contribution is -0.137. The van der Waals surface area contributed by atoms with Gasteiger partial charge in [0.2, 0.25) is 0 Å². The molecule has 7 heteroatoms. The summed E-state index contributed by atoms with van der Waals surface area (Å²) in [6, 6.07) is 7.94. The maximum absolute atomic E-state index is 12.6. The Balaban J connectivity index is 1.84. The number of alkyl halides is 3. The molecular weight excluding hydrogens is 295 g/mol. The fourth-order valence-corrected chi connectivity index (χ4v) is 1.79. The van der Waals surface area contributed by atoms with Crippen molar-refractivity contribution in [3.63, 3.8) is 0 Å². The first-order valence-electron chi connectivity index (χ1n) is 6.52. The molecule has 0 saturated carbocycles. The van der Waals surface area contributed by atoms with Crippen LogP contribution in [0, 0.1) is 0 Å². The molecule has 116 valence electrons. The second-order valence-electron chi connectivity index (χ2n) is 4.60. The Morgan fingerprint density at radius 2 is 1.73 bits per heavy atom. The number of pyridine rings is 1. The van der Waals surface area contributed by atoms with E-state index in [0.29, 0.717) is 12.1 Å². The monoisotopic (exact) mass is 309 g/mol. The Morgan fingerprint density at radius 1 is 1.05 bits per heavy atom. The van der Waals surface area contributed by atoms with Gasteiger partial charge in [0, 0.05) is 25.5 Å². The van der Waals surface area contributed by atoms with Crippen LogP contribution in [0.1, 0.15) is 16.7 Å². The molecule has 0 aliphatic carbocycles. The summed E-state index contributed by atoms with van der Waals surface area (Å²) in [4.78, 5) is 15.5.